The van der Waals surface area contributed by atoms with Crippen molar-refractivity contribution >= 4 is 22.7 Å². The summed E-state index contributed by atoms with van der Waals surface area (Å²) in [6.07, 6.45) is 2.12. The number of nitrogens with zero attached hydrogens (tertiary/aromatic N) is 2. The van der Waals surface area contributed by atoms with Crippen molar-refractivity contribution in [1.29, 1.82) is 0 Å². The molecule has 1 aliphatic rings. The van der Waals surface area contributed by atoms with Gasteiger partial charge in [-0.15, -0.1) is 0 Å². The SMILES string of the molecule is COc1ccc2nc(C)c(C(=O)NCc3cccc(C(=O)N4CCCC4)c3)cc2c1. The number of rotatable bonds is 5. The molecule has 0 saturated carbocycles. The van der Waals surface area contributed by atoms with Crippen molar-refractivity contribution in [2.24, 2.45) is 0 Å². The van der Waals surface area contributed by atoms with Crippen molar-refractivity contribution in [1.82, 2.24) is 15.2 Å². The monoisotopic (exact) mass is 403 g/mol. The average molecular weight is 403 g/mol. The Kier molecular flexibility index (Phi) is 5.65. The van der Waals surface area contributed by atoms with Gasteiger partial charge in [0, 0.05) is 30.6 Å². The van der Waals surface area contributed by atoms with E-state index in [1.54, 1.807) is 7.11 Å². The van der Waals surface area contributed by atoms with Crippen molar-refractivity contribution in [2.75, 3.05) is 20.2 Å². The van der Waals surface area contributed by atoms with E-state index in [4.69, 9.17) is 4.74 Å². The number of likely N-dealkylation sites (tertiary alicyclic amines) is 1. The van der Waals surface area contributed by atoms with Gasteiger partial charge in [-0.25, -0.2) is 0 Å². The molecule has 0 aliphatic carbocycles. The molecule has 0 unspecified atom stereocenters. The van der Waals surface area contributed by atoms with Gasteiger partial charge in [-0.3, -0.25) is 14.6 Å². The molecule has 6 heteroatoms. The Morgan fingerprint density at radius 1 is 1.10 bits per heavy atom. The molecule has 2 aromatic carbocycles. The maximum Gasteiger partial charge on any atom is 0.253 e. The van der Waals surface area contributed by atoms with Crippen molar-refractivity contribution in [3.05, 3.63) is 70.9 Å². The zero-order valence-electron chi connectivity index (χ0n) is 17.3. The van der Waals surface area contributed by atoms with Crippen LogP contribution in [0, 0.1) is 6.92 Å². The van der Waals surface area contributed by atoms with Gasteiger partial charge in [0.05, 0.1) is 23.9 Å². The van der Waals surface area contributed by atoms with Gasteiger partial charge in [-0.1, -0.05) is 12.1 Å². The molecule has 4 rings (SSSR count). The minimum atomic E-state index is -0.194. The number of nitrogens with one attached hydrogen (secondary N) is 1. The van der Waals surface area contributed by atoms with Crippen LogP contribution in [0.15, 0.2) is 48.5 Å². The molecule has 0 bridgehead atoms. The maximum absolute atomic E-state index is 12.8. The van der Waals surface area contributed by atoms with Gasteiger partial charge in [0.15, 0.2) is 0 Å². The highest BCUT2D eigenvalue weighted by atomic mass is 16.5. The van der Waals surface area contributed by atoms with E-state index in [-0.39, 0.29) is 11.8 Å². The highest BCUT2D eigenvalue weighted by Gasteiger charge is 2.19. The summed E-state index contributed by atoms with van der Waals surface area (Å²) >= 11 is 0. The highest BCUT2D eigenvalue weighted by Crippen LogP contribution is 2.22. The number of methoxy groups -OCH3 is 1. The lowest BCUT2D eigenvalue weighted by molar-refractivity contribution is 0.0792. The number of amides is 2. The molecule has 2 heterocycles. The number of benzene rings is 2. The summed E-state index contributed by atoms with van der Waals surface area (Å²) in [5.74, 6) is 0.587. The molecule has 3 aromatic rings. The van der Waals surface area contributed by atoms with Gasteiger partial charge < -0.3 is 15.0 Å². The summed E-state index contributed by atoms with van der Waals surface area (Å²) in [4.78, 5) is 31.8. The van der Waals surface area contributed by atoms with Gasteiger partial charge in [0.25, 0.3) is 11.8 Å². The number of hydrogen-bond donors (Lipinski definition) is 1. The molecular formula is C24H25N3O3. The number of pyridine rings is 1. The molecule has 1 aliphatic heterocycles. The topological polar surface area (TPSA) is 71.5 Å². The van der Waals surface area contributed by atoms with E-state index in [2.05, 4.69) is 10.3 Å². The lowest BCUT2D eigenvalue weighted by Crippen LogP contribution is -2.28. The molecule has 1 aromatic heterocycles. The van der Waals surface area contributed by atoms with Gasteiger partial charge in [0.1, 0.15) is 5.75 Å². The van der Waals surface area contributed by atoms with E-state index in [1.165, 1.54) is 0 Å². The van der Waals surface area contributed by atoms with E-state index in [1.807, 2.05) is 60.4 Å². The standard InChI is InChI=1S/C24H25N3O3/c1-16-21(14-19-13-20(30-2)8-9-22(19)26-16)23(28)25-15-17-6-5-7-18(12-17)24(29)27-10-3-4-11-27/h5-9,12-14H,3-4,10-11,15H2,1-2H3,(H,25,28). The Bertz CT molecular complexity index is 1100. The van der Waals surface area contributed by atoms with Crippen molar-refractivity contribution < 1.29 is 14.3 Å². The Labute approximate surface area is 175 Å². The molecule has 30 heavy (non-hydrogen) atoms. The molecule has 154 valence electrons. The number of carbonyl (C=O) groups excluding carboxylic acids is 2. The number of aromatic nitrogens is 1. The Hall–Kier alpha value is -3.41. The van der Waals surface area contributed by atoms with Crippen LogP contribution in [-0.2, 0) is 6.54 Å². The van der Waals surface area contributed by atoms with Crippen molar-refractivity contribution in [3.63, 3.8) is 0 Å². The summed E-state index contributed by atoms with van der Waals surface area (Å²) in [6, 6.07) is 14.9. The highest BCUT2D eigenvalue weighted by molar-refractivity contribution is 5.99. The quantitative estimate of drug-likeness (QED) is 0.705. The molecule has 6 nitrogen and oxygen atoms in total. The fraction of sp³-hybridized carbons (Fsp3) is 0.292. The van der Waals surface area contributed by atoms with Crippen LogP contribution in [0.4, 0.5) is 0 Å². The molecule has 0 spiro atoms. The maximum atomic E-state index is 12.8. The Morgan fingerprint density at radius 3 is 2.67 bits per heavy atom. The van der Waals surface area contributed by atoms with E-state index in [0.717, 1.165) is 48.1 Å². The zero-order chi connectivity index (χ0) is 21.1. The van der Waals surface area contributed by atoms with Crippen LogP contribution in [0.1, 0.15) is 44.8 Å². The third-order valence-corrected chi connectivity index (χ3v) is 5.48. The fourth-order valence-corrected chi connectivity index (χ4v) is 3.80. The lowest BCUT2D eigenvalue weighted by Gasteiger charge is -2.16. The van der Waals surface area contributed by atoms with Gasteiger partial charge in [0.2, 0.25) is 0 Å². The van der Waals surface area contributed by atoms with Crippen LogP contribution in [-0.4, -0.2) is 41.9 Å². The van der Waals surface area contributed by atoms with E-state index >= 15 is 0 Å². The molecule has 0 radical (unpaired) electrons. The second-order valence-electron chi connectivity index (χ2n) is 7.56. The number of fused-ring (bicyclic) bond motifs is 1. The molecule has 1 N–H and O–H groups in total. The second-order valence-corrected chi connectivity index (χ2v) is 7.56. The molecule has 2 amide bonds. The Morgan fingerprint density at radius 2 is 1.90 bits per heavy atom. The predicted octanol–water partition coefficient (Wildman–Crippen LogP) is 3.72. The molecule has 1 saturated heterocycles. The van der Waals surface area contributed by atoms with Crippen LogP contribution in [0.3, 0.4) is 0 Å². The van der Waals surface area contributed by atoms with Gasteiger partial charge in [-0.05, 0) is 61.7 Å². The summed E-state index contributed by atoms with van der Waals surface area (Å²) in [5, 5.41) is 3.80. The minimum Gasteiger partial charge on any atom is -0.497 e. The van der Waals surface area contributed by atoms with Crippen molar-refractivity contribution in [2.45, 2.75) is 26.3 Å². The predicted molar refractivity (Wildman–Crippen MR) is 116 cm³/mol. The normalized spacial score (nSPS) is 13.5. The van der Waals surface area contributed by atoms with Gasteiger partial charge >= 0.3 is 0 Å². The number of ether oxygens (including phenoxy) is 1. The molecule has 1 fully saturated rings. The largest absolute Gasteiger partial charge is 0.497 e. The van der Waals surface area contributed by atoms with Crippen LogP contribution < -0.4 is 10.1 Å². The summed E-state index contributed by atoms with van der Waals surface area (Å²) in [7, 11) is 1.61. The van der Waals surface area contributed by atoms with Gasteiger partial charge in [-0.2, -0.15) is 0 Å². The second kappa shape index (κ2) is 8.53. The molecular weight excluding hydrogens is 378 g/mol. The lowest BCUT2D eigenvalue weighted by atomic mass is 10.1. The van der Waals surface area contributed by atoms with Crippen LogP contribution in [0.5, 0.6) is 5.75 Å². The number of aryl methyl sites for hydroxylation is 1. The first-order valence-corrected chi connectivity index (χ1v) is 10.2. The number of carbonyl (C=O) groups is 2. The van der Waals surface area contributed by atoms with E-state index < -0.39 is 0 Å². The third kappa shape index (κ3) is 4.13. The van der Waals surface area contributed by atoms with Crippen molar-refractivity contribution in [3.8, 4) is 5.75 Å². The fourth-order valence-electron chi connectivity index (χ4n) is 3.80. The zero-order valence-corrected chi connectivity index (χ0v) is 17.3. The minimum absolute atomic E-state index is 0.0594. The first-order chi connectivity index (χ1) is 14.5. The van der Waals surface area contributed by atoms with E-state index in [9.17, 15) is 9.59 Å². The third-order valence-electron chi connectivity index (χ3n) is 5.48. The summed E-state index contributed by atoms with van der Waals surface area (Å²) in [5.41, 5.74) is 3.57. The van der Waals surface area contributed by atoms with Crippen LogP contribution in [0.2, 0.25) is 0 Å². The number of hydrogen-bond acceptors (Lipinski definition) is 4. The van der Waals surface area contributed by atoms with Crippen LogP contribution >= 0.6 is 0 Å². The smallest absolute Gasteiger partial charge is 0.253 e. The summed E-state index contributed by atoms with van der Waals surface area (Å²) < 4.78 is 5.27. The summed E-state index contributed by atoms with van der Waals surface area (Å²) in [6.45, 7) is 3.81. The first-order valence-electron chi connectivity index (χ1n) is 10.2. The van der Waals surface area contributed by atoms with Crippen LogP contribution in [0.25, 0.3) is 10.9 Å². The molecule has 0 atom stereocenters. The Balaban J connectivity index is 1.49. The first kappa shape index (κ1) is 19.9. The van der Waals surface area contributed by atoms with E-state index in [0.29, 0.717) is 23.4 Å². The average Bonchev–Trinajstić information content (AvgIpc) is 3.31.